The van der Waals surface area contributed by atoms with E-state index >= 15 is 0 Å². The van der Waals surface area contributed by atoms with Crippen molar-refractivity contribution in [1.29, 1.82) is 0 Å². The molecule has 0 amide bonds. The second-order valence-corrected chi connectivity index (χ2v) is 7.07. The highest BCUT2D eigenvalue weighted by molar-refractivity contribution is 5.68. The lowest BCUT2D eigenvalue weighted by Gasteiger charge is -2.31. The lowest BCUT2D eigenvalue weighted by atomic mass is 9.99. The van der Waals surface area contributed by atoms with Crippen molar-refractivity contribution in [2.75, 3.05) is 31.2 Å². The number of aliphatic carboxylic acids is 1. The number of benzene rings is 1. The first-order chi connectivity index (χ1) is 13.3. The summed E-state index contributed by atoms with van der Waals surface area (Å²) in [5.41, 5.74) is 12.8. The second-order valence-electron chi connectivity index (χ2n) is 7.07. The molecule has 0 radical (unpaired) electrons. The van der Waals surface area contributed by atoms with Crippen LogP contribution in [-0.2, 0) is 17.8 Å². The molecule has 1 unspecified atom stereocenters. The number of ether oxygens (including phenoxy) is 2. The number of nitrogen functional groups attached to an aromatic ring is 2. The van der Waals surface area contributed by atoms with Crippen LogP contribution < -0.4 is 20.9 Å². The Morgan fingerprint density at radius 1 is 1.36 bits per heavy atom. The normalized spacial score (nSPS) is 18.0. The third-order valence-electron chi connectivity index (χ3n) is 4.64. The molecule has 28 heavy (non-hydrogen) atoms. The van der Waals surface area contributed by atoms with Crippen LogP contribution in [0.25, 0.3) is 0 Å². The molecule has 0 saturated carbocycles. The Labute approximate surface area is 163 Å². The highest BCUT2D eigenvalue weighted by Gasteiger charge is 2.39. The van der Waals surface area contributed by atoms with Crippen molar-refractivity contribution in [3.05, 3.63) is 35.4 Å². The van der Waals surface area contributed by atoms with Gasteiger partial charge in [-0.2, -0.15) is 9.97 Å². The maximum atomic E-state index is 10.8. The standard InChI is InChI=1S/C19H25N5O4/c1-3-24(9-12-6-4-5-7-14(12)27-10-15(25)26)11-19(2)8-13-16(20)22-18(21)23-17(13)28-19/h4-7H,3,8-11H2,1-2H3,(H,25,26)(H4,20,21,22,23). The molecule has 0 spiro atoms. The third-order valence-corrected chi connectivity index (χ3v) is 4.64. The minimum Gasteiger partial charge on any atom is -0.482 e. The summed E-state index contributed by atoms with van der Waals surface area (Å²) >= 11 is 0. The van der Waals surface area contributed by atoms with E-state index in [1.807, 2.05) is 25.1 Å². The monoisotopic (exact) mass is 387 g/mol. The van der Waals surface area contributed by atoms with Crippen molar-refractivity contribution in [2.24, 2.45) is 0 Å². The molecular weight excluding hydrogens is 362 g/mol. The Morgan fingerprint density at radius 3 is 2.82 bits per heavy atom. The molecule has 150 valence electrons. The van der Waals surface area contributed by atoms with Gasteiger partial charge in [-0.15, -0.1) is 0 Å². The van der Waals surface area contributed by atoms with Gasteiger partial charge in [0.15, 0.2) is 6.61 Å². The number of likely N-dealkylation sites (N-methyl/N-ethyl adjacent to an activating group) is 1. The number of carboxylic acid groups (broad SMARTS) is 1. The molecule has 9 heteroatoms. The van der Waals surface area contributed by atoms with E-state index in [1.54, 1.807) is 6.07 Å². The fourth-order valence-electron chi connectivity index (χ4n) is 3.39. The average molecular weight is 387 g/mol. The summed E-state index contributed by atoms with van der Waals surface area (Å²) in [5, 5.41) is 8.86. The van der Waals surface area contributed by atoms with Gasteiger partial charge >= 0.3 is 5.97 Å². The summed E-state index contributed by atoms with van der Waals surface area (Å²) in [6, 6.07) is 7.42. The van der Waals surface area contributed by atoms with Crippen LogP contribution in [0.5, 0.6) is 11.6 Å². The number of fused-ring (bicyclic) bond motifs is 1. The van der Waals surface area contributed by atoms with Crippen molar-refractivity contribution in [3.63, 3.8) is 0 Å². The number of hydrogen-bond donors (Lipinski definition) is 3. The topological polar surface area (TPSA) is 137 Å². The first kappa shape index (κ1) is 19.7. The molecule has 1 aromatic heterocycles. The first-order valence-corrected chi connectivity index (χ1v) is 9.05. The number of nitrogens with zero attached hydrogens (tertiary/aromatic N) is 3. The maximum Gasteiger partial charge on any atom is 0.341 e. The number of carbonyl (C=O) groups is 1. The van der Waals surface area contributed by atoms with E-state index in [-0.39, 0.29) is 12.6 Å². The molecule has 1 aliphatic heterocycles. The summed E-state index contributed by atoms with van der Waals surface area (Å²) in [7, 11) is 0. The van der Waals surface area contributed by atoms with Crippen molar-refractivity contribution in [1.82, 2.24) is 14.9 Å². The number of aromatic nitrogens is 2. The largest absolute Gasteiger partial charge is 0.482 e. The lowest BCUT2D eigenvalue weighted by molar-refractivity contribution is -0.139. The SMILES string of the molecule is CCN(Cc1ccccc1OCC(=O)O)CC1(C)Cc2c(N)nc(N)nc2O1. The molecule has 0 bridgehead atoms. The fourth-order valence-corrected chi connectivity index (χ4v) is 3.39. The minimum absolute atomic E-state index is 0.0948. The van der Waals surface area contributed by atoms with Crippen molar-refractivity contribution >= 4 is 17.7 Å². The van der Waals surface area contributed by atoms with Crippen LogP contribution in [0.1, 0.15) is 25.0 Å². The van der Waals surface area contributed by atoms with Gasteiger partial charge in [0, 0.05) is 25.1 Å². The first-order valence-electron chi connectivity index (χ1n) is 9.05. The smallest absolute Gasteiger partial charge is 0.341 e. The molecule has 0 saturated heterocycles. The Kier molecular flexibility index (Phi) is 5.55. The molecule has 5 N–H and O–H groups in total. The number of anilines is 2. The predicted octanol–water partition coefficient (Wildman–Crippen LogP) is 1.32. The zero-order chi connectivity index (χ0) is 20.3. The van der Waals surface area contributed by atoms with Crippen LogP contribution in [0.15, 0.2) is 24.3 Å². The lowest BCUT2D eigenvalue weighted by Crippen LogP contribution is -2.44. The van der Waals surface area contributed by atoms with Gasteiger partial charge in [-0.05, 0) is 19.5 Å². The molecule has 1 aromatic carbocycles. The second kappa shape index (κ2) is 7.89. The Morgan fingerprint density at radius 2 is 2.11 bits per heavy atom. The van der Waals surface area contributed by atoms with Gasteiger partial charge in [-0.1, -0.05) is 25.1 Å². The maximum absolute atomic E-state index is 10.8. The Balaban J connectivity index is 1.72. The van der Waals surface area contributed by atoms with E-state index in [2.05, 4.69) is 21.8 Å². The van der Waals surface area contributed by atoms with E-state index in [0.717, 1.165) is 17.7 Å². The Hall–Kier alpha value is -3.07. The molecule has 2 heterocycles. The number of hydrogen-bond acceptors (Lipinski definition) is 8. The molecule has 2 aromatic rings. The van der Waals surface area contributed by atoms with Crippen LogP contribution in [-0.4, -0.2) is 51.2 Å². The van der Waals surface area contributed by atoms with E-state index in [9.17, 15) is 4.79 Å². The highest BCUT2D eigenvalue weighted by Crippen LogP contribution is 2.37. The van der Waals surface area contributed by atoms with Gasteiger partial charge in [0.1, 0.15) is 17.2 Å². The summed E-state index contributed by atoms with van der Waals surface area (Å²) in [6.07, 6.45) is 0.585. The van der Waals surface area contributed by atoms with Crippen LogP contribution in [0.2, 0.25) is 0 Å². The van der Waals surface area contributed by atoms with Gasteiger partial charge in [0.25, 0.3) is 0 Å². The van der Waals surface area contributed by atoms with Gasteiger partial charge in [0.2, 0.25) is 11.8 Å². The number of carboxylic acids is 1. The van der Waals surface area contributed by atoms with Gasteiger partial charge in [-0.3, -0.25) is 4.90 Å². The average Bonchev–Trinajstić information content (AvgIpc) is 2.96. The quantitative estimate of drug-likeness (QED) is 0.612. The van der Waals surface area contributed by atoms with E-state index in [1.165, 1.54) is 0 Å². The molecular formula is C19H25N5O4. The van der Waals surface area contributed by atoms with Gasteiger partial charge in [-0.25, -0.2) is 4.79 Å². The summed E-state index contributed by atoms with van der Waals surface area (Å²) in [4.78, 5) is 21.2. The summed E-state index contributed by atoms with van der Waals surface area (Å²) in [6.45, 7) is 5.65. The number of para-hydroxylation sites is 1. The zero-order valence-corrected chi connectivity index (χ0v) is 16.0. The highest BCUT2D eigenvalue weighted by atomic mass is 16.5. The Bertz CT molecular complexity index is 875. The van der Waals surface area contributed by atoms with Crippen LogP contribution in [0.4, 0.5) is 11.8 Å². The van der Waals surface area contributed by atoms with E-state index < -0.39 is 11.6 Å². The van der Waals surface area contributed by atoms with E-state index in [4.69, 9.17) is 26.0 Å². The summed E-state index contributed by atoms with van der Waals surface area (Å²) < 4.78 is 11.5. The van der Waals surface area contributed by atoms with E-state index in [0.29, 0.717) is 37.0 Å². The molecule has 0 aliphatic carbocycles. The van der Waals surface area contributed by atoms with Gasteiger partial charge in [0.05, 0.1) is 5.56 Å². The minimum atomic E-state index is -1.01. The molecule has 1 aliphatic rings. The number of nitrogens with two attached hydrogens (primary N) is 2. The van der Waals surface area contributed by atoms with Gasteiger partial charge < -0.3 is 26.0 Å². The molecule has 0 fully saturated rings. The van der Waals surface area contributed by atoms with Crippen LogP contribution in [0.3, 0.4) is 0 Å². The summed E-state index contributed by atoms with van der Waals surface area (Å²) in [5.74, 6) is 0.435. The predicted molar refractivity (Wildman–Crippen MR) is 104 cm³/mol. The van der Waals surface area contributed by atoms with Crippen molar-refractivity contribution in [2.45, 2.75) is 32.4 Å². The molecule has 1 atom stereocenters. The van der Waals surface area contributed by atoms with Crippen molar-refractivity contribution in [3.8, 4) is 11.6 Å². The van der Waals surface area contributed by atoms with Crippen molar-refractivity contribution < 1.29 is 19.4 Å². The number of rotatable bonds is 8. The van der Waals surface area contributed by atoms with Crippen LogP contribution in [0, 0.1) is 0 Å². The van der Waals surface area contributed by atoms with Crippen LogP contribution >= 0.6 is 0 Å². The zero-order valence-electron chi connectivity index (χ0n) is 16.0. The molecule has 3 rings (SSSR count). The third kappa shape index (κ3) is 4.42. The fraction of sp³-hybridized carbons (Fsp3) is 0.421. The molecule has 9 nitrogen and oxygen atoms in total.